The fraction of sp³-hybridized carbons (Fsp3) is 0.600. The van der Waals surface area contributed by atoms with Crippen LogP contribution in [0.1, 0.15) is 6.42 Å². The van der Waals surface area contributed by atoms with Crippen LogP contribution >= 0.6 is 23.2 Å². The standard InChI is InChI=1S/C5H3Cl2F3/c6-4(7)1-3(2-8)5(4,9)10/h2H,1H2. The number of rotatable bonds is 0. The van der Waals surface area contributed by atoms with Gasteiger partial charge in [0.15, 0.2) is 4.33 Å². The summed E-state index contributed by atoms with van der Waals surface area (Å²) in [5.74, 6) is -3.40. The average Bonchev–Trinajstić information content (AvgIpc) is 1.83. The molecule has 1 saturated carbocycles. The summed E-state index contributed by atoms with van der Waals surface area (Å²) in [5, 5.41) is 0. The lowest BCUT2D eigenvalue weighted by atomic mass is 9.87. The first-order chi connectivity index (χ1) is 4.42. The van der Waals surface area contributed by atoms with Crippen LogP contribution in [0.3, 0.4) is 0 Å². The summed E-state index contributed by atoms with van der Waals surface area (Å²) in [6, 6.07) is 0. The van der Waals surface area contributed by atoms with E-state index in [0.29, 0.717) is 0 Å². The Bertz CT molecular complexity index is 185. The molecule has 0 atom stereocenters. The summed E-state index contributed by atoms with van der Waals surface area (Å²) >= 11 is 10.2. The summed E-state index contributed by atoms with van der Waals surface area (Å²) in [6.07, 6.45) is -0.456. The van der Waals surface area contributed by atoms with Crippen molar-refractivity contribution in [1.82, 2.24) is 0 Å². The first-order valence-corrected chi connectivity index (χ1v) is 3.23. The molecule has 0 aromatic rings. The van der Waals surface area contributed by atoms with Crippen LogP contribution in [0.2, 0.25) is 0 Å². The van der Waals surface area contributed by atoms with Crippen molar-refractivity contribution in [2.75, 3.05) is 0 Å². The van der Waals surface area contributed by atoms with E-state index >= 15 is 0 Å². The summed E-state index contributed by atoms with van der Waals surface area (Å²) in [6.45, 7) is 0. The van der Waals surface area contributed by atoms with Gasteiger partial charge in [0.05, 0.1) is 6.33 Å². The molecule has 0 amide bonds. The van der Waals surface area contributed by atoms with Crippen LogP contribution in [0.5, 0.6) is 0 Å². The molecule has 1 aliphatic rings. The summed E-state index contributed by atoms with van der Waals surface area (Å²) in [5.41, 5.74) is -0.641. The Kier molecular flexibility index (Phi) is 1.68. The molecule has 0 nitrogen and oxygen atoms in total. The van der Waals surface area contributed by atoms with E-state index in [1.807, 2.05) is 0 Å². The fourth-order valence-electron chi connectivity index (χ4n) is 0.697. The molecular formula is C5H3Cl2F3. The molecule has 0 aromatic carbocycles. The lowest BCUT2D eigenvalue weighted by Crippen LogP contribution is -2.51. The van der Waals surface area contributed by atoms with Crippen LogP contribution in [0.4, 0.5) is 13.2 Å². The Morgan fingerprint density at radius 3 is 2.00 bits per heavy atom. The van der Waals surface area contributed by atoms with E-state index in [4.69, 9.17) is 23.2 Å². The van der Waals surface area contributed by atoms with E-state index in [9.17, 15) is 13.2 Å². The molecule has 0 saturated heterocycles. The van der Waals surface area contributed by atoms with Gasteiger partial charge in [-0.15, -0.1) is 0 Å². The third-order valence-corrected chi connectivity index (χ3v) is 2.15. The highest BCUT2D eigenvalue weighted by atomic mass is 35.5. The largest absolute Gasteiger partial charge is 0.304 e. The van der Waals surface area contributed by atoms with Gasteiger partial charge in [-0.3, -0.25) is 0 Å². The van der Waals surface area contributed by atoms with E-state index in [1.54, 1.807) is 0 Å². The lowest BCUT2D eigenvalue weighted by Gasteiger charge is -2.40. The molecular weight excluding hydrogens is 188 g/mol. The maximum Gasteiger partial charge on any atom is 0.304 e. The van der Waals surface area contributed by atoms with Crippen LogP contribution in [0, 0.1) is 0 Å². The maximum absolute atomic E-state index is 12.4. The van der Waals surface area contributed by atoms with E-state index in [0.717, 1.165) is 0 Å². The topological polar surface area (TPSA) is 0 Å². The maximum atomic E-state index is 12.4. The highest BCUT2D eigenvalue weighted by Gasteiger charge is 2.64. The van der Waals surface area contributed by atoms with Gasteiger partial charge in [0, 0.05) is 12.0 Å². The molecule has 1 rings (SSSR count). The fourth-order valence-corrected chi connectivity index (χ4v) is 1.23. The molecule has 5 heteroatoms. The second kappa shape index (κ2) is 2.05. The van der Waals surface area contributed by atoms with E-state index < -0.39 is 15.8 Å². The highest BCUT2D eigenvalue weighted by molar-refractivity contribution is 6.50. The van der Waals surface area contributed by atoms with E-state index in [-0.39, 0.29) is 12.8 Å². The van der Waals surface area contributed by atoms with Crippen LogP contribution in [-0.4, -0.2) is 10.3 Å². The molecule has 0 radical (unpaired) electrons. The Morgan fingerprint density at radius 2 is 1.90 bits per heavy atom. The van der Waals surface area contributed by atoms with E-state index in [1.165, 1.54) is 0 Å². The van der Waals surface area contributed by atoms with Crippen LogP contribution in [0.25, 0.3) is 0 Å². The Hall–Kier alpha value is 0.110. The quantitative estimate of drug-likeness (QED) is 0.516. The average molecular weight is 191 g/mol. The minimum absolute atomic E-state index is 0.150. The Balaban J connectivity index is 2.85. The number of alkyl halides is 4. The smallest absolute Gasteiger partial charge is 0.215 e. The second-order valence-electron chi connectivity index (χ2n) is 2.09. The Morgan fingerprint density at radius 1 is 1.40 bits per heavy atom. The first-order valence-electron chi connectivity index (χ1n) is 2.47. The number of hydrogen-bond acceptors (Lipinski definition) is 0. The number of hydrogen-bond donors (Lipinski definition) is 0. The van der Waals surface area contributed by atoms with Gasteiger partial charge in [-0.25, -0.2) is 4.39 Å². The van der Waals surface area contributed by atoms with Crippen LogP contribution in [-0.2, 0) is 0 Å². The third kappa shape index (κ3) is 0.839. The zero-order valence-electron chi connectivity index (χ0n) is 4.67. The van der Waals surface area contributed by atoms with Gasteiger partial charge in [-0.1, -0.05) is 23.2 Å². The van der Waals surface area contributed by atoms with Crippen molar-refractivity contribution in [2.45, 2.75) is 16.7 Å². The molecule has 0 heterocycles. The molecule has 0 aliphatic heterocycles. The van der Waals surface area contributed by atoms with Crippen LogP contribution < -0.4 is 0 Å². The lowest BCUT2D eigenvalue weighted by molar-refractivity contribution is -0.0240. The summed E-state index contributed by atoms with van der Waals surface area (Å²) < 4.78 is 34.2. The normalized spacial score (nSPS) is 31.9. The van der Waals surface area contributed by atoms with Crippen molar-refractivity contribution in [2.24, 2.45) is 0 Å². The second-order valence-corrected chi connectivity index (χ2v) is 3.57. The number of allylic oxidation sites excluding steroid dienone is 1. The van der Waals surface area contributed by atoms with Crippen molar-refractivity contribution in [3.05, 3.63) is 11.9 Å². The molecule has 10 heavy (non-hydrogen) atoms. The third-order valence-electron chi connectivity index (χ3n) is 1.41. The van der Waals surface area contributed by atoms with Gasteiger partial charge >= 0.3 is 5.92 Å². The molecule has 0 spiro atoms. The van der Waals surface area contributed by atoms with Gasteiger partial charge in [-0.05, 0) is 0 Å². The predicted octanol–water partition coefficient (Wildman–Crippen LogP) is 3.05. The van der Waals surface area contributed by atoms with Crippen molar-refractivity contribution >= 4 is 23.2 Å². The molecule has 0 bridgehead atoms. The van der Waals surface area contributed by atoms with Gasteiger partial charge in [-0.2, -0.15) is 8.78 Å². The molecule has 0 N–H and O–H groups in total. The minimum Gasteiger partial charge on any atom is -0.215 e. The van der Waals surface area contributed by atoms with Crippen molar-refractivity contribution in [3.63, 3.8) is 0 Å². The monoisotopic (exact) mass is 190 g/mol. The zero-order chi connectivity index (χ0) is 7.99. The Labute approximate surface area is 65.6 Å². The van der Waals surface area contributed by atoms with Crippen molar-refractivity contribution in [3.8, 4) is 0 Å². The van der Waals surface area contributed by atoms with Gasteiger partial charge < -0.3 is 0 Å². The molecule has 0 unspecified atom stereocenters. The van der Waals surface area contributed by atoms with Crippen molar-refractivity contribution < 1.29 is 13.2 Å². The molecule has 0 aromatic heterocycles. The summed E-state index contributed by atoms with van der Waals surface area (Å²) in [7, 11) is 0. The zero-order valence-corrected chi connectivity index (χ0v) is 6.19. The molecule has 1 aliphatic carbocycles. The van der Waals surface area contributed by atoms with Crippen LogP contribution in [0.15, 0.2) is 11.9 Å². The highest BCUT2D eigenvalue weighted by Crippen LogP contribution is 2.57. The van der Waals surface area contributed by atoms with E-state index in [2.05, 4.69) is 0 Å². The minimum atomic E-state index is -3.40. The summed E-state index contributed by atoms with van der Waals surface area (Å²) in [4.78, 5) is 0. The number of halogens is 5. The molecule has 58 valence electrons. The van der Waals surface area contributed by atoms with Crippen molar-refractivity contribution in [1.29, 1.82) is 0 Å². The predicted molar refractivity (Wildman–Crippen MR) is 33.2 cm³/mol. The first kappa shape index (κ1) is 8.21. The SMILES string of the molecule is FC=C1CC(Cl)(Cl)C1(F)F. The van der Waals surface area contributed by atoms with Gasteiger partial charge in [0.2, 0.25) is 0 Å². The molecule has 1 fully saturated rings. The van der Waals surface area contributed by atoms with Gasteiger partial charge in [0.25, 0.3) is 0 Å². The van der Waals surface area contributed by atoms with Gasteiger partial charge in [0.1, 0.15) is 0 Å².